The molecular formula is C30H29NO6. The van der Waals surface area contributed by atoms with Gasteiger partial charge >= 0.3 is 5.97 Å². The zero-order chi connectivity index (χ0) is 26.7. The first-order valence-corrected chi connectivity index (χ1v) is 12.1. The van der Waals surface area contributed by atoms with Gasteiger partial charge in [0.25, 0.3) is 11.7 Å². The SMILES string of the molecule is CCc1ccc(C2/C(=C(\O)c3ccc(OC(C)C)cc3)C(=O)C(=O)N2c2cccc(C(=O)OC)c2)cc1. The normalized spacial score (nSPS) is 16.8. The minimum absolute atomic E-state index is 0.0170. The van der Waals surface area contributed by atoms with Crippen LogP contribution in [0.15, 0.2) is 78.4 Å². The molecule has 0 radical (unpaired) electrons. The predicted molar refractivity (Wildman–Crippen MR) is 141 cm³/mol. The van der Waals surface area contributed by atoms with Crippen molar-refractivity contribution in [2.75, 3.05) is 12.0 Å². The summed E-state index contributed by atoms with van der Waals surface area (Å²) in [5, 5.41) is 11.3. The molecule has 37 heavy (non-hydrogen) atoms. The molecule has 1 amide bonds. The van der Waals surface area contributed by atoms with Crippen molar-refractivity contribution in [3.63, 3.8) is 0 Å². The van der Waals surface area contributed by atoms with Crippen LogP contribution >= 0.6 is 0 Å². The van der Waals surface area contributed by atoms with Crippen molar-refractivity contribution in [1.29, 1.82) is 0 Å². The van der Waals surface area contributed by atoms with Gasteiger partial charge < -0.3 is 14.6 Å². The van der Waals surface area contributed by atoms with Gasteiger partial charge in [0.1, 0.15) is 11.5 Å². The van der Waals surface area contributed by atoms with E-state index in [1.165, 1.54) is 18.1 Å². The highest BCUT2D eigenvalue weighted by Gasteiger charge is 2.47. The molecule has 7 nitrogen and oxygen atoms in total. The highest BCUT2D eigenvalue weighted by atomic mass is 16.5. The number of ether oxygens (including phenoxy) is 2. The standard InChI is InChI=1S/C30H29NO6/c1-5-19-9-11-20(12-10-19)26-25(27(32)21-13-15-24(16-14-21)37-18(2)3)28(33)29(34)31(26)23-8-6-7-22(17-23)30(35)36-4/h6-18,26,32H,5H2,1-4H3/b27-25+. The lowest BCUT2D eigenvalue weighted by Gasteiger charge is -2.26. The molecule has 190 valence electrons. The van der Waals surface area contributed by atoms with E-state index in [0.717, 1.165) is 12.0 Å². The number of Topliss-reactive ketones (excluding diaryl/α,β-unsaturated/α-hetero) is 1. The average Bonchev–Trinajstić information content (AvgIpc) is 3.18. The van der Waals surface area contributed by atoms with E-state index in [-0.39, 0.29) is 23.0 Å². The van der Waals surface area contributed by atoms with Gasteiger partial charge in [-0.25, -0.2) is 4.79 Å². The van der Waals surface area contributed by atoms with Gasteiger partial charge in [0.2, 0.25) is 0 Å². The molecule has 4 rings (SSSR count). The van der Waals surface area contributed by atoms with Gasteiger partial charge in [0.15, 0.2) is 0 Å². The maximum atomic E-state index is 13.4. The lowest BCUT2D eigenvalue weighted by Crippen LogP contribution is -2.29. The fraction of sp³-hybridized carbons (Fsp3) is 0.233. The zero-order valence-electron chi connectivity index (χ0n) is 21.2. The maximum Gasteiger partial charge on any atom is 0.337 e. The molecule has 1 unspecified atom stereocenters. The van der Waals surface area contributed by atoms with Crippen molar-refractivity contribution in [1.82, 2.24) is 0 Å². The summed E-state index contributed by atoms with van der Waals surface area (Å²) in [5.74, 6) is -1.84. The van der Waals surface area contributed by atoms with Crippen LogP contribution in [0.2, 0.25) is 0 Å². The fourth-order valence-corrected chi connectivity index (χ4v) is 4.37. The van der Waals surface area contributed by atoms with E-state index in [1.807, 2.05) is 45.0 Å². The molecule has 0 bridgehead atoms. The fourth-order valence-electron chi connectivity index (χ4n) is 4.37. The Morgan fingerprint density at radius 3 is 2.24 bits per heavy atom. The molecule has 1 N–H and O–H groups in total. The molecular weight excluding hydrogens is 470 g/mol. The van der Waals surface area contributed by atoms with E-state index >= 15 is 0 Å². The van der Waals surface area contributed by atoms with Gasteiger partial charge in [-0.3, -0.25) is 14.5 Å². The first kappa shape index (κ1) is 25.7. The number of aryl methyl sites for hydroxylation is 1. The molecule has 1 heterocycles. The van der Waals surface area contributed by atoms with Crippen LogP contribution in [-0.2, 0) is 20.7 Å². The smallest absolute Gasteiger partial charge is 0.337 e. The Morgan fingerprint density at radius 1 is 0.973 bits per heavy atom. The summed E-state index contributed by atoms with van der Waals surface area (Å²) in [4.78, 5) is 40.2. The molecule has 1 aliphatic heterocycles. The lowest BCUT2D eigenvalue weighted by molar-refractivity contribution is -0.132. The molecule has 0 saturated carbocycles. The third kappa shape index (κ3) is 5.11. The topological polar surface area (TPSA) is 93.1 Å². The van der Waals surface area contributed by atoms with Crippen LogP contribution in [0.3, 0.4) is 0 Å². The van der Waals surface area contributed by atoms with Crippen molar-refractivity contribution in [3.8, 4) is 5.75 Å². The van der Waals surface area contributed by atoms with E-state index < -0.39 is 23.7 Å². The molecule has 0 aromatic heterocycles. The summed E-state index contributed by atoms with van der Waals surface area (Å²) in [6, 6.07) is 19.7. The summed E-state index contributed by atoms with van der Waals surface area (Å²) in [6.45, 7) is 5.86. The first-order chi connectivity index (χ1) is 17.7. The predicted octanol–water partition coefficient (Wildman–Crippen LogP) is 5.45. The molecule has 1 saturated heterocycles. The van der Waals surface area contributed by atoms with Crippen LogP contribution in [0.25, 0.3) is 5.76 Å². The van der Waals surface area contributed by atoms with Crippen molar-refractivity contribution in [3.05, 3.63) is 101 Å². The number of amides is 1. The van der Waals surface area contributed by atoms with Crippen LogP contribution in [-0.4, -0.2) is 36.0 Å². The van der Waals surface area contributed by atoms with Gasteiger partial charge in [-0.1, -0.05) is 37.3 Å². The van der Waals surface area contributed by atoms with Crippen molar-refractivity contribution >= 4 is 29.1 Å². The van der Waals surface area contributed by atoms with E-state index in [0.29, 0.717) is 22.6 Å². The number of anilines is 1. The summed E-state index contributed by atoms with van der Waals surface area (Å²) in [7, 11) is 1.27. The number of aliphatic hydroxyl groups is 1. The zero-order valence-corrected chi connectivity index (χ0v) is 21.2. The van der Waals surface area contributed by atoms with Gasteiger partial charge in [-0.05, 0) is 73.9 Å². The van der Waals surface area contributed by atoms with E-state index in [1.54, 1.807) is 42.5 Å². The molecule has 0 spiro atoms. The number of carbonyl (C=O) groups is 3. The highest BCUT2D eigenvalue weighted by Crippen LogP contribution is 2.42. The van der Waals surface area contributed by atoms with Crippen LogP contribution in [0.4, 0.5) is 5.69 Å². The average molecular weight is 500 g/mol. The third-order valence-electron chi connectivity index (χ3n) is 6.19. The van der Waals surface area contributed by atoms with Crippen molar-refractivity contribution < 1.29 is 29.0 Å². The Morgan fingerprint density at radius 2 is 1.65 bits per heavy atom. The van der Waals surface area contributed by atoms with Crippen LogP contribution < -0.4 is 9.64 Å². The number of rotatable bonds is 7. The van der Waals surface area contributed by atoms with Crippen LogP contribution in [0.1, 0.15) is 53.9 Å². The molecule has 1 fully saturated rings. The monoisotopic (exact) mass is 499 g/mol. The second kappa shape index (κ2) is 10.7. The Hall–Kier alpha value is -4.39. The summed E-state index contributed by atoms with van der Waals surface area (Å²) in [5.41, 5.74) is 2.68. The van der Waals surface area contributed by atoms with Gasteiger partial charge in [-0.2, -0.15) is 0 Å². The van der Waals surface area contributed by atoms with Gasteiger partial charge in [0, 0.05) is 11.3 Å². The van der Waals surface area contributed by atoms with Crippen LogP contribution in [0, 0.1) is 0 Å². The Labute approximate surface area is 215 Å². The number of esters is 1. The second-order valence-corrected chi connectivity index (χ2v) is 9.00. The van der Waals surface area contributed by atoms with Gasteiger partial charge in [-0.15, -0.1) is 0 Å². The Kier molecular flexibility index (Phi) is 7.43. The third-order valence-corrected chi connectivity index (χ3v) is 6.19. The van der Waals surface area contributed by atoms with Crippen molar-refractivity contribution in [2.24, 2.45) is 0 Å². The quantitative estimate of drug-likeness (QED) is 0.201. The van der Waals surface area contributed by atoms with E-state index in [2.05, 4.69) is 0 Å². The minimum Gasteiger partial charge on any atom is -0.507 e. The summed E-state index contributed by atoms with van der Waals surface area (Å²) >= 11 is 0. The number of hydrogen-bond donors (Lipinski definition) is 1. The molecule has 3 aromatic carbocycles. The molecule has 0 aliphatic carbocycles. The summed E-state index contributed by atoms with van der Waals surface area (Å²) in [6.07, 6.45) is 0.809. The second-order valence-electron chi connectivity index (χ2n) is 9.00. The van der Waals surface area contributed by atoms with Crippen LogP contribution in [0.5, 0.6) is 5.75 Å². The number of carbonyl (C=O) groups excluding carboxylic acids is 3. The number of nitrogens with zero attached hydrogens (tertiary/aromatic N) is 1. The number of aliphatic hydroxyl groups excluding tert-OH is 1. The largest absolute Gasteiger partial charge is 0.507 e. The summed E-state index contributed by atoms with van der Waals surface area (Å²) < 4.78 is 10.5. The maximum absolute atomic E-state index is 13.4. The number of ketones is 1. The van der Waals surface area contributed by atoms with E-state index in [9.17, 15) is 19.5 Å². The molecule has 1 atom stereocenters. The number of hydrogen-bond acceptors (Lipinski definition) is 6. The number of benzene rings is 3. The highest BCUT2D eigenvalue weighted by molar-refractivity contribution is 6.51. The van der Waals surface area contributed by atoms with Gasteiger partial charge in [0.05, 0.1) is 30.4 Å². The van der Waals surface area contributed by atoms with E-state index in [4.69, 9.17) is 9.47 Å². The van der Waals surface area contributed by atoms with Crippen molar-refractivity contribution in [2.45, 2.75) is 39.3 Å². The Balaban J connectivity index is 1.87. The minimum atomic E-state index is -0.898. The lowest BCUT2D eigenvalue weighted by atomic mass is 9.94. The Bertz CT molecular complexity index is 1360. The molecule has 1 aliphatic rings. The molecule has 7 heteroatoms. The first-order valence-electron chi connectivity index (χ1n) is 12.1. The molecule has 3 aromatic rings. The number of methoxy groups -OCH3 is 1.